The molecular weight excluding hydrogens is 390 g/mol. The summed E-state index contributed by atoms with van der Waals surface area (Å²) in [5.74, 6) is 0.0781. The van der Waals surface area contributed by atoms with E-state index < -0.39 is 21.7 Å². The monoisotopic (exact) mass is 415 g/mol. The Hall–Kier alpha value is -2.89. The fraction of sp³-hybridized carbons (Fsp3) is 0.333. The van der Waals surface area contributed by atoms with E-state index in [2.05, 4.69) is 10.0 Å². The second-order valence-corrected chi connectivity index (χ2v) is 9.23. The number of carbonyl (C=O) groups excluding carboxylic acids is 1. The molecule has 0 bridgehead atoms. The molecule has 0 fully saturated rings. The lowest BCUT2D eigenvalue weighted by Crippen LogP contribution is -2.41. The zero-order chi connectivity index (χ0) is 21.7. The van der Waals surface area contributed by atoms with Crippen LogP contribution in [0.5, 0.6) is 5.75 Å². The second-order valence-electron chi connectivity index (χ2n) is 7.58. The van der Waals surface area contributed by atoms with Crippen molar-refractivity contribution in [1.29, 1.82) is 5.26 Å². The molecule has 0 aliphatic rings. The molecule has 0 aliphatic heterocycles. The fourth-order valence-corrected chi connectivity index (χ4v) is 4.22. The molecule has 2 N–H and O–H groups in total. The number of ether oxygens (including phenoxy) is 1. The third-order valence-electron chi connectivity index (χ3n) is 3.82. The standard InChI is InChI=1S/C21H25N3O4S/c1-15(28-18-11-9-16(13-22)10-12-18)20(25)23-14-17-7-5-6-8-19(17)29(26,27)24-21(2,3)4/h5-12,15,24H,14H2,1-4H3,(H,23,25). The Morgan fingerprint density at radius 1 is 1.14 bits per heavy atom. The number of nitrogens with zero attached hydrogens (tertiary/aromatic N) is 1. The number of hydrogen-bond donors (Lipinski definition) is 2. The van der Waals surface area contributed by atoms with Gasteiger partial charge in [-0.05, 0) is 63.6 Å². The summed E-state index contributed by atoms with van der Waals surface area (Å²) in [6.07, 6.45) is -0.792. The summed E-state index contributed by atoms with van der Waals surface area (Å²) >= 11 is 0. The van der Waals surface area contributed by atoms with Crippen LogP contribution in [0.25, 0.3) is 0 Å². The highest BCUT2D eigenvalue weighted by Crippen LogP contribution is 2.18. The van der Waals surface area contributed by atoms with Gasteiger partial charge in [-0.25, -0.2) is 13.1 Å². The van der Waals surface area contributed by atoms with E-state index in [9.17, 15) is 13.2 Å². The first-order valence-corrected chi connectivity index (χ1v) is 10.6. The second kappa shape index (κ2) is 9.07. The van der Waals surface area contributed by atoms with Crippen molar-refractivity contribution in [2.45, 2.75) is 50.8 Å². The van der Waals surface area contributed by atoms with Crippen LogP contribution in [0.2, 0.25) is 0 Å². The molecule has 2 aromatic rings. The Labute approximate surface area is 171 Å². The van der Waals surface area contributed by atoms with Gasteiger partial charge in [-0.3, -0.25) is 4.79 Å². The summed E-state index contributed by atoms with van der Waals surface area (Å²) in [6.45, 7) is 6.92. The Bertz CT molecular complexity index is 1000. The predicted octanol–water partition coefficient (Wildman–Crippen LogP) is 2.72. The number of nitriles is 1. The molecular formula is C21H25N3O4S. The first-order valence-electron chi connectivity index (χ1n) is 9.08. The molecule has 0 saturated heterocycles. The molecule has 1 amide bonds. The van der Waals surface area contributed by atoms with Crippen LogP contribution >= 0.6 is 0 Å². The van der Waals surface area contributed by atoms with E-state index in [0.717, 1.165) is 0 Å². The molecule has 7 nitrogen and oxygen atoms in total. The van der Waals surface area contributed by atoms with Crippen LogP contribution < -0.4 is 14.8 Å². The number of amides is 1. The van der Waals surface area contributed by atoms with Crippen molar-refractivity contribution in [2.24, 2.45) is 0 Å². The van der Waals surface area contributed by atoms with Crippen LogP contribution in [0.15, 0.2) is 53.4 Å². The Kier molecular flexibility index (Phi) is 7.01. The summed E-state index contributed by atoms with van der Waals surface area (Å²) < 4.78 is 33.5. The lowest BCUT2D eigenvalue weighted by atomic mass is 10.1. The van der Waals surface area contributed by atoms with Crippen LogP contribution in [0.4, 0.5) is 0 Å². The van der Waals surface area contributed by atoms with Gasteiger partial charge in [-0.1, -0.05) is 18.2 Å². The minimum absolute atomic E-state index is 0.0428. The summed E-state index contributed by atoms with van der Waals surface area (Å²) in [5, 5.41) is 11.5. The number of benzene rings is 2. The number of carbonyl (C=O) groups is 1. The van der Waals surface area contributed by atoms with Crippen molar-refractivity contribution in [1.82, 2.24) is 10.0 Å². The molecule has 0 heterocycles. The third kappa shape index (κ3) is 6.59. The Balaban J connectivity index is 2.05. The number of sulfonamides is 1. The number of nitrogens with one attached hydrogen (secondary N) is 2. The average molecular weight is 416 g/mol. The predicted molar refractivity (Wildman–Crippen MR) is 110 cm³/mol. The highest BCUT2D eigenvalue weighted by molar-refractivity contribution is 7.89. The molecule has 0 aromatic heterocycles. The first-order chi connectivity index (χ1) is 13.5. The van der Waals surface area contributed by atoms with Gasteiger partial charge in [0.15, 0.2) is 6.10 Å². The topological polar surface area (TPSA) is 108 Å². The van der Waals surface area contributed by atoms with E-state index in [1.807, 2.05) is 6.07 Å². The van der Waals surface area contributed by atoms with Crippen LogP contribution in [0.1, 0.15) is 38.8 Å². The van der Waals surface area contributed by atoms with Gasteiger partial charge in [-0.2, -0.15) is 5.26 Å². The van der Waals surface area contributed by atoms with E-state index in [1.54, 1.807) is 70.2 Å². The lowest BCUT2D eigenvalue weighted by molar-refractivity contribution is -0.127. The van der Waals surface area contributed by atoms with Gasteiger partial charge in [-0.15, -0.1) is 0 Å². The third-order valence-corrected chi connectivity index (χ3v) is 5.68. The molecule has 8 heteroatoms. The lowest BCUT2D eigenvalue weighted by Gasteiger charge is -2.22. The maximum Gasteiger partial charge on any atom is 0.261 e. The van der Waals surface area contributed by atoms with Crippen molar-refractivity contribution < 1.29 is 17.9 Å². The quantitative estimate of drug-likeness (QED) is 0.723. The van der Waals surface area contributed by atoms with E-state index in [1.165, 1.54) is 6.07 Å². The molecule has 1 unspecified atom stereocenters. The molecule has 2 aromatic carbocycles. The SMILES string of the molecule is CC(Oc1ccc(C#N)cc1)C(=O)NCc1ccccc1S(=O)(=O)NC(C)(C)C. The maximum atomic E-state index is 12.7. The van der Waals surface area contributed by atoms with Crippen molar-refractivity contribution in [3.05, 3.63) is 59.7 Å². The van der Waals surface area contributed by atoms with Gasteiger partial charge in [0.25, 0.3) is 5.91 Å². The molecule has 0 spiro atoms. The number of rotatable bonds is 7. The van der Waals surface area contributed by atoms with Gasteiger partial charge in [0.05, 0.1) is 16.5 Å². The molecule has 29 heavy (non-hydrogen) atoms. The van der Waals surface area contributed by atoms with E-state index >= 15 is 0 Å². The normalized spacial score (nSPS) is 12.7. The van der Waals surface area contributed by atoms with Gasteiger partial charge in [0, 0.05) is 12.1 Å². The largest absolute Gasteiger partial charge is 0.481 e. The van der Waals surface area contributed by atoms with Crippen LogP contribution in [0.3, 0.4) is 0 Å². The summed E-state index contributed by atoms with van der Waals surface area (Å²) in [7, 11) is -3.73. The van der Waals surface area contributed by atoms with Crippen molar-refractivity contribution in [2.75, 3.05) is 0 Å². The minimum Gasteiger partial charge on any atom is -0.481 e. The Morgan fingerprint density at radius 3 is 2.34 bits per heavy atom. The maximum absolute atomic E-state index is 12.7. The molecule has 1 atom stereocenters. The first kappa shape index (κ1) is 22.4. The van der Waals surface area contributed by atoms with E-state index in [4.69, 9.17) is 10.00 Å². The zero-order valence-electron chi connectivity index (χ0n) is 16.9. The van der Waals surface area contributed by atoms with Crippen LogP contribution in [-0.4, -0.2) is 26.0 Å². The molecule has 0 radical (unpaired) electrons. The molecule has 0 aliphatic carbocycles. The summed E-state index contributed by atoms with van der Waals surface area (Å²) in [5.41, 5.74) is 0.345. The van der Waals surface area contributed by atoms with Gasteiger partial charge < -0.3 is 10.1 Å². The van der Waals surface area contributed by atoms with Gasteiger partial charge >= 0.3 is 0 Å². The Morgan fingerprint density at radius 2 is 1.76 bits per heavy atom. The van der Waals surface area contributed by atoms with Crippen molar-refractivity contribution >= 4 is 15.9 Å². The van der Waals surface area contributed by atoms with Gasteiger partial charge in [0.2, 0.25) is 10.0 Å². The van der Waals surface area contributed by atoms with Crippen LogP contribution in [0, 0.1) is 11.3 Å². The molecule has 154 valence electrons. The zero-order valence-corrected chi connectivity index (χ0v) is 17.7. The molecule has 2 rings (SSSR count). The average Bonchev–Trinajstić information content (AvgIpc) is 2.65. The minimum atomic E-state index is -3.73. The molecule has 0 saturated carbocycles. The van der Waals surface area contributed by atoms with Crippen LogP contribution in [-0.2, 0) is 21.4 Å². The fourth-order valence-electron chi connectivity index (χ4n) is 2.56. The summed E-state index contributed by atoms with van der Waals surface area (Å²) in [6, 6.07) is 15.0. The van der Waals surface area contributed by atoms with Crippen molar-refractivity contribution in [3.8, 4) is 11.8 Å². The van der Waals surface area contributed by atoms with E-state index in [0.29, 0.717) is 16.9 Å². The van der Waals surface area contributed by atoms with Gasteiger partial charge in [0.1, 0.15) is 5.75 Å². The van der Waals surface area contributed by atoms with Crippen molar-refractivity contribution in [3.63, 3.8) is 0 Å². The smallest absolute Gasteiger partial charge is 0.261 e. The highest BCUT2D eigenvalue weighted by Gasteiger charge is 2.24. The highest BCUT2D eigenvalue weighted by atomic mass is 32.2. The summed E-state index contributed by atoms with van der Waals surface area (Å²) in [4.78, 5) is 12.5. The number of hydrogen-bond acceptors (Lipinski definition) is 5. The van der Waals surface area contributed by atoms with E-state index in [-0.39, 0.29) is 17.3 Å².